The second-order valence-corrected chi connectivity index (χ2v) is 11.0. The molecule has 1 heterocycles. The number of primary amides is 1. The van der Waals surface area contributed by atoms with E-state index in [1.54, 1.807) is 0 Å². The monoisotopic (exact) mass is 615 g/mol. The number of aliphatic hydroxyl groups excluding tert-OH is 2. The molecule has 17 nitrogen and oxygen atoms in total. The topological polar surface area (TPSA) is 284 Å². The Balaban J connectivity index is 3.06. The zero-order valence-corrected chi connectivity index (χ0v) is 24.9. The molecule has 7 atom stereocenters. The second-order valence-electron chi connectivity index (χ2n) is 11.0. The largest absolute Gasteiger partial charge is 0.480 e. The van der Waals surface area contributed by atoms with Gasteiger partial charge in [0.05, 0.1) is 18.8 Å². The lowest BCUT2D eigenvalue weighted by atomic mass is 10.0. The Morgan fingerprint density at radius 2 is 1.51 bits per heavy atom. The maximum Gasteiger partial charge on any atom is 0.325 e. The zero-order valence-electron chi connectivity index (χ0n) is 24.9. The standard InChI is InChI=1S/C26H45N7O10/c1-12(2)10-15(27)21(37)32-20(14(4)35)24(40)30-16(7-8-19(28)36)22(38)31-17(11-34)25(41)33-9-5-6-18(33)23(39)29-13(3)26(42)43/h12-18,20,34-35H,5-11,27H2,1-4H3,(H2,28,36)(H,29,39)(H,30,40)(H,31,38)(H,32,37)(H,42,43)/t13-,14+,15-,16-,17-,18-,20-/m0/s1. The fourth-order valence-corrected chi connectivity index (χ4v) is 4.43. The van der Waals surface area contributed by atoms with Gasteiger partial charge in [0.15, 0.2) is 0 Å². The SMILES string of the molecule is CC(C)C[C@H](N)C(=O)N[C@H](C(=O)N[C@@H](CCC(N)=O)C(=O)N[C@@H](CO)C(=O)N1CCC[C@H]1C(=O)N[C@@H](C)C(=O)O)[C@@H](C)O. The molecule has 1 aliphatic heterocycles. The maximum atomic E-state index is 13.2. The minimum absolute atomic E-state index is 0.0714. The van der Waals surface area contributed by atoms with E-state index in [2.05, 4.69) is 21.3 Å². The van der Waals surface area contributed by atoms with Crippen LogP contribution in [0.2, 0.25) is 0 Å². The van der Waals surface area contributed by atoms with Crippen LogP contribution in [-0.2, 0) is 33.6 Å². The van der Waals surface area contributed by atoms with E-state index in [-0.39, 0.29) is 31.7 Å². The third-order valence-electron chi connectivity index (χ3n) is 6.80. The molecule has 0 aromatic rings. The quantitative estimate of drug-likeness (QED) is 0.0760. The van der Waals surface area contributed by atoms with Gasteiger partial charge in [-0.15, -0.1) is 0 Å². The van der Waals surface area contributed by atoms with Gasteiger partial charge in [0.1, 0.15) is 30.2 Å². The molecule has 0 aromatic heterocycles. The van der Waals surface area contributed by atoms with Crippen molar-refractivity contribution in [2.45, 2.75) is 102 Å². The number of carboxylic acids is 1. The Hall–Kier alpha value is -3.83. The van der Waals surface area contributed by atoms with Gasteiger partial charge in [0.25, 0.3) is 0 Å². The first-order valence-electron chi connectivity index (χ1n) is 14.1. The highest BCUT2D eigenvalue weighted by atomic mass is 16.4. The number of aliphatic carboxylic acids is 1. The molecular formula is C26H45N7O10. The lowest BCUT2D eigenvalue weighted by Gasteiger charge is -2.30. The summed E-state index contributed by atoms with van der Waals surface area (Å²) in [7, 11) is 0. The van der Waals surface area contributed by atoms with Crippen LogP contribution in [0, 0.1) is 5.92 Å². The van der Waals surface area contributed by atoms with Crippen molar-refractivity contribution in [2.75, 3.05) is 13.2 Å². The number of carboxylic acid groups (broad SMARTS) is 1. The van der Waals surface area contributed by atoms with Crippen LogP contribution < -0.4 is 32.7 Å². The summed E-state index contributed by atoms with van der Waals surface area (Å²) in [5, 5.41) is 38.4. The van der Waals surface area contributed by atoms with Crippen molar-refractivity contribution < 1.29 is 48.9 Å². The van der Waals surface area contributed by atoms with Gasteiger partial charge in [-0.3, -0.25) is 33.6 Å². The van der Waals surface area contributed by atoms with E-state index in [9.17, 15) is 43.8 Å². The molecule has 0 bridgehead atoms. The van der Waals surface area contributed by atoms with E-state index in [1.165, 1.54) is 13.8 Å². The molecule has 6 amide bonds. The molecule has 11 N–H and O–H groups in total. The molecule has 1 rings (SSSR count). The van der Waals surface area contributed by atoms with Crippen molar-refractivity contribution in [3.8, 4) is 0 Å². The number of aliphatic hydroxyl groups is 2. The number of carbonyl (C=O) groups is 7. The molecule has 0 aromatic carbocycles. The Kier molecular flexibility index (Phi) is 15.0. The average Bonchev–Trinajstić information content (AvgIpc) is 3.41. The summed E-state index contributed by atoms with van der Waals surface area (Å²) >= 11 is 0. The molecule has 0 spiro atoms. The smallest absolute Gasteiger partial charge is 0.325 e. The summed E-state index contributed by atoms with van der Waals surface area (Å²) in [6.07, 6.45) is -1.17. The Bertz CT molecular complexity index is 1040. The van der Waals surface area contributed by atoms with E-state index in [0.717, 1.165) is 4.90 Å². The number of likely N-dealkylation sites (tertiary alicyclic amines) is 1. The van der Waals surface area contributed by atoms with Crippen LogP contribution in [0.25, 0.3) is 0 Å². The van der Waals surface area contributed by atoms with Gasteiger partial charge in [-0.05, 0) is 45.4 Å². The van der Waals surface area contributed by atoms with Crippen LogP contribution in [0.1, 0.15) is 59.8 Å². The molecule has 0 unspecified atom stereocenters. The Labute approximate surface area is 249 Å². The number of hydrogen-bond acceptors (Lipinski definition) is 10. The van der Waals surface area contributed by atoms with E-state index in [0.29, 0.717) is 12.8 Å². The highest BCUT2D eigenvalue weighted by Gasteiger charge is 2.39. The molecule has 244 valence electrons. The Morgan fingerprint density at radius 1 is 0.907 bits per heavy atom. The molecule has 17 heteroatoms. The number of hydrogen-bond donors (Lipinski definition) is 9. The van der Waals surface area contributed by atoms with Gasteiger partial charge in [-0.1, -0.05) is 13.8 Å². The van der Waals surface area contributed by atoms with Crippen molar-refractivity contribution in [1.29, 1.82) is 0 Å². The maximum absolute atomic E-state index is 13.2. The fourth-order valence-electron chi connectivity index (χ4n) is 4.43. The predicted molar refractivity (Wildman–Crippen MR) is 150 cm³/mol. The van der Waals surface area contributed by atoms with Crippen molar-refractivity contribution in [2.24, 2.45) is 17.4 Å². The number of amides is 6. The van der Waals surface area contributed by atoms with Gasteiger partial charge < -0.3 is 53.0 Å². The fraction of sp³-hybridized carbons (Fsp3) is 0.731. The summed E-state index contributed by atoms with van der Waals surface area (Å²) in [5.74, 6) is -6.23. The molecule has 0 aliphatic carbocycles. The van der Waals surface area contributed by atoms with Gasteiger partial charge in [-0.2, -0.15) is 0 Å². The highest BCUT2D eigenvalue weighted by molar-refractivity contribution is 5.97. The molecule has 43 heavy (non-hydrogen) atoms. The first kappa shape index (κ1) is 37.2. The van der Waals surface area contributed by atoms with Crippen molar-refractivity contribution in [3.05, 3.63) is 0 Å². The van der Waals surface area contributed by atoms with Crippen molar-refractivity contribution in [3.63, 3.8) is 0 Å². The van der Waals surface area contributed by atoms with Crippen molar-refractivity contribution >= 4 is 41.4 Å². The highest BCUT2D eigenvalue weighted by Crippen LogP contribution is 2.19. The summed E-state index contributed by atoms with van der Waals surface area (Å²) in [4.78, 5) is 88.2. The number of rotatable bonds is 17. The van der Waals surface area contributed by atoms with Crippen LogP contribution in [0.3, 0.4) is 0 Å². The van der Waals surface area contributed by atoms with E-state index < -0.39 is 90.4 Å². The average molecular weight is 616 g/mol. The predicted octanol–water partition coefficient (Wildman–Crippen LogP) is -3.97. The van der Waals surface area contributed by atoms with Crippen LogP contribution in [0.15, 0.2) is 0 Å². The molecule has 1 saturated heterocycles. The molecule has 0 saturated carbocycles. The number of nitrogens with two attached hydrogens (primary N) is 2. The van der Waals surface area contributed by atoms with Crippen molar-refractivity contribution in [1.82, 2.24) is 26.2 Å². The van der Waals surface area contributed by atoms with Crippen LogP contribution in [-0.4, -0.2) is 117 Å². The van der Waals surface area contributed by atoms with Crippen LogP contribution in [0.4, 0.5) is 0 Å². The van der Waals surface area contributed by atoms with Crippen LogP contribution >= 0.6 is 0 Å². The minimum Gasteiger partial charge on any atom is -0.480 e. The second kappa shape index (κ2) is 17.3. The number of nitrogens with one attached hydrogen (secondary N) is 4. The lowest BCUT2D eigenvalue weighted by Crippen LogP contribution is -2.61. The summed E-state index contributed by atoms with van der Waals surface area (Å²) in [6.45, 7) is 5.38. The van der Waals surface area contributed by atoms with Gasteiger partial charge in [-0.25, -0.2) is 0 Å². The number of carbonyl (C=O) groups excluding carboxylic acids is 6. The lowest BCUT2D eigenvalue weighted by molar-refractivity contribution is -0.145. The summed E-state index contributed by atoms with van der Waals surface area (Å²) in [5.41, 5.74) is 11.1. The van der Waals surface area contributed by atoms with E-state index in [4.69, 9.17) is 16.6 Å². The third kappa shape index (κ3) is 11.8. The molecule has 1 aliphatic rings. The third-order valence-corrected chi connectivity index (χ3v) is 6.80. The summed E-state index contributed by atoms with van der Waals surface area (Å²) in [6, 6.07) is -7.80. The number of nitrogens with zero attached hydrogens (tertiary/aromatic N) is 1. The normalized spacial score (nSPS) is 18.9. The van der Waals surface area contributed by atoms with Gasteiger partial charge >= 0.3 is 5.97 Å². The molecule has 1 fully saturated rings. The first-order valence-corrected chi connectivity index (χ1v) is 14.1. The molecular weight excluding hydrogens is 570 g/mol. The van der Waals surface area contributed by atoms with E-state index >= 15 is 0 Å². The first-order chi connectivity index (χ1) is 20.0. The van der Waals surface area contributed by atoms with Gasteiger partial charge in [0.2, 0.25) is 35.4 Å². The van der Waals surface area contributed by atoms with Gasteiger partial charge in [0, 0.05) is 13.0 Å². The summed E-state index contributed by atoms with van der Waals surface area (Å²) < 4.78 is 0. The van der Waals surface area contributed by atoms with Crippen LogP contribution in [0.5, 0.6) is 0 Å². The molecule has 0 radical (unpaired) electrons. The zero-order chi connectivity index (χ0) is 33.0. The minimum atomic E-state index is -1.56. The Morgan fingerprint density at radius 3 is 2.02 bits per heavy atom. The van der Waals surface area contributed by atoms with E-state index in [1.807, 2.05) is 13.8 Å².